The lowest BCUT2D eigenvalue weighted by Gasteiger charge is -2.05. The van der Waals surface area contributed by atoms with Crippen LogP contribution in [0.25, 0.3) is 5.69 Å². The first-order valence-electron chi connectivity index (χ1n) is 8.42. The Labute approximate surface area is 164 Å². The summed E-state index contributed by atoms with van der Waals surface area (Å²) in [6.07, 6.45) is 2.85. The summed E-state index contributed by atoms with van der Waals surface area (Å²) in [7, 11) is 0. The molecule has 0 unspecified atom stereocenters. The Morgan fingerprint density at radius 2 is 2.15 bits per heavy atom. The minimum absolute atomic E-state index is 0.186. The number of hydrogen-bond donors (Lipinski definition) is 1. The summed E-state index contributed by atoms with van der Waals surface area (Å²) in [6, 6.07) is 7.72. The second-order valence-electron chi connectivity index (χ2n) is 6.01. The number of carbonyl (C=O) groups is 1. The number of amides is 1. The average molecular weight is 434 g/mol. The molecule has 26 heavy (non-hydrogen) atoms. The van der Waals surface area contributed by atoms with Gasteiger partial charge in [0.2, 0.25) is 0 Å². The van der Waals surface area contributed by atoms with E-state index in [-0.39, 0.29) is 5.91 Å². The maximum atomic E-state index is 12.4. The summed E-state index contributed by atoms with van der Waals surface area (Å²) >= 11 is 5.13. The van der Waals surface area contributed by atoms with E-state index in [4.69, 9.17) is 0 Å². The highest BCUT2D eigenvalue weighted by Gasteiger charge is 2.17. The smallest absolute Gasteiger partial charge is 0.273 e. The van der Waals surface area contributed by atoms with E-state index < -0.39 is 0 Å². The molecule has 2 heterocycles. The number of thiazole rings is 1. The van der Waals surface area contributed by atoms with Crippen LogP contribution < -0.4 is 5.32 Å². The van der Waals surface area contributed by atoms with Crippen LogP contribution >= 0.6 is 27.3 Å². The molecular formula is C18H20BrN5OS. The van der Waals surface area contributed by atoms with Gasteiger partial charge in [-0.2, -0.15) is 0 Å². The zero-order chi connectivity index (χ0) is 18.5. The van der Waals surface area contributed by atoms with Crippen molar-refractivity contribution in [3.8, 4) is 5.69 Å². The summed E-state index contributed by atoms with van der Waals surface area (Å²) in [5.41, 5.74) is 3.02. The Morgan fingerprint density at radius 1 is 1.31 bits per heavy atom. The molecule has 8 heteroatoms. The third-order valence-electron chi connectivity index (χ3n) is 3.93. The van der Waals surface area contributed by atoms with Gasteiger partial charge in [-0.15, -0.1) is 16.4 Å². The van der Waals surface area contributed by atoms with Crippen LogP contribution in [0, 0.1) is 13.8 Å². The van der Waals surface area contributed by atoms with Gasteiger partial charge in [-0.3, -0.25) is 4.79 Å². The van der Waals surface area contributed by atoms with E-state index in [1.54, 1.807) is 16.0 Å². The Balaban J connectivity index is 1.52. The van der Waals surface area contributed by atoms with Crippen molar-refractivity contribution in [2.45, 2.75) is 33.1 Å². The molecule has 3 rings (SSSR count). The number of carbonyl (C=O) groups excluding carboxylic acids is 1. The molecule has 0 bridgehead atoms. The van der Waals surface area contributed by atoms with Crippen LogP contribution in [0.2, 0.25) is 0 Å². The fourth-order valence-corrected chi connectivity index (χ4v) is 3.80. The number of unbranched alkanes of at least 4 members (excludes halogenated alkanes) is 1. The third kappa shape index (κ3) is 4.56. The number of rotatable bonds is 7. The maximum absolute atomic E-state index is 12.4. The molecule has 0 fully saturated rings. The standard InChI is InChI=1S/C18H20BrN5OS/c1-12-11-26-16(21-12)8-3-4-9-20-18(25)17-13(2)24(23-22-17)15-7-5-6-14(19)10-15/h5-7,10-11H,3-4,8-9H2,1-2H3,(H,20,25). The minimum Gasteiger partial charge on any atom is -0.351 e. The van der Waals surface area contributed by atoms with Crippen molar-refractivity contribution in [1.82, 2.24) is 25.3 Å². The number of nitrogens with one attached hydrogen (secondary N) is 1. The van der Waals surface area contributed by atoms with Crippen molar-refractivity contribution in [3.63, 3.8) is 0 Å². The van der Waals surface area contributed by atoms with E-state index in [0.717, 1.165) is 45.8 Å². The maximum Gasteiger partial charge on any atom is 0.273 e. The first-order valence-corrected chi connectivity index (χ1v) is 10.1. The van der Waals surface area contributed by atoms with E-state index in [1.807, 2.05) is 38.1 Å². The highest BCUT2D eigenvalue weighted by molar-refractivity contribution is 9.10. The van der Waals surface area contributed by atoms with E-state index in [9.17, 15) is 4.79 Å². The quantitative estimate of drug-likeness (QED) is 0.574. The molecule has 0 atom stereocenters. The molecule has 6 nitrogen and oxygen atoms in total. The van der Waals surface area contributed by atoms with Crippen LogP contribution in [0.5, 0.6) is 0 Å². The number of aryl methyl sites for hydroxylation is 2. The highest BCUT2D eigenvalue weighted by atomic mass is 79.9. The fraction of sp³-hybridized carbons (Fsp3) is 0.333. The second-order valence-corrected chi connectivity index (χ2v) is 7.87. The zero-order valence-electron chi connectivity index (χ0n) is 14.7. The van der Waals surface area contributed by atoms with Gasteiger partial charge in [-0.1, -0.05) is 27.2 Å². The summed E-state index contributed by atoms with van der Waals surface area (Å²) in [5.74, 6) is -0.186. The lowest BCUT2D eigenvalue weighted by molar-refractivity contribution is 0.0947. The van der Waals surface area contributed by atoms with Crippen molar-refractivity contribution in [3.05, 3.63) is 56.2 Å². The van der Waals surface area contributed by atoms with Crippen LogP contribution in [-0.2, 0) is 6.42 Å². The van der Waals surface area contributed by atoms with Gasteiger partial charge in [0.15, 0.2) is 5.69 Å². The molecule has 1 N–H and O–H groups in total. The predicted molar refractivity (Wildman–Crippen MR) is 106 cm³/mol. The Morgan fingerprint density at radius 3 is 2.88 bits per heavy atom. The van der Waals surface area contributed by atoms with E-state index in [2.05, 4.69) is 41.9 Å². The lowest BCUT2D eigenvalue weighted by atomic mass is 10.2. The average Bonchev–Trinajstić information content (AvgIpc) is 3.20. The number of hydrogen-bond acceptors (Lipinski definition) is 5. The van der Waals surface area contributed by atoms with Crippen molar-refractivity contribution in [2.75, 3.05) is 6.54 Å². The Kier molecular flexibility index (Phi) is 6.16. The minimum atomic E-state index is -0.186. The molecule has 2 aromatic heterocycles. The van der Waals surface area contributed by atoms with Crippen LogP contribution in [-0.4, -0.2) is 32.4 Å². The topological polar surface area (TPSA) is 72.7 Å². The molecule has 0 aliphatic rings. The summed E-state index contributed by atoms with van der Waals surface area (Å²) < 4.78 is 2.62. The molecule has 0 spiro atoms. The number of halogens is 1. The van der Waals surface area contributed by atoms with Crippen LogP contribution in [0.3, 0.4) is 0 Å². The van der Waals surface area contributed by atoms with Gasteiger partial charge in [0.1, 0.15) is 0 Å². The van der Waals surface area contributed by atoms with Crippen molar-refractivity contribution in [1.29, 1.82) is 0 Å². The molecule has 0 aliphatic carbocycles. The Bertz CT molecular complexity index is 905. The predicted octanol–water partition coefficient (Wildman–Crippen LogP) is 3.86. The largest absolute Gasteiger partial charge is 0.351 e. The number of aromatic nitrogens is 4. The van der Waals surface area contributed by atoms with Crippen LogP contribution in [0.15, 0.2) is 34.1 Å². The molecule has 0 saturated carbocycles. The zero-order valence-corrected chi connectivity index (χ0v) is 17.1. The summed E-state index contributed by atoms with van der Waals surface area (Å²) in [4.78, 5) is 16.8. The van der Waals surface area contributed by atoms with Gasteiger partial charge in [-0.05, 0) is 51.3 Å². The molecule has 0 aliphatic heterocycles. The molecule has 1 aromatic carbocycles. The van der Waals surface area contributed by atoms with Crippen molar-refractivity contribution in [2.24, 2.45) is 0 Å². The van der Waals surface area contributed by atoms with Crippen molar-refractivity contribution >= 4 is 33.2 Å². The molecule has 0 saturated heterocycles. The summed E-state index contributed by atoms with van der Waals surface area (Å²) in [6.45, 7) is 4.47. The molecule has 3 aromatic rings. The fourth-order valence-electron chi connectivity index (χ4n) is 2.60. The Hall–Kier alpha value is -2.06. The lowest BCUT2D eigenvalue weighted by Crippen LogP contribution is -2.25. The summed E-state index contributed by atoms with van der Waals surface area (Å²) in [5, 5.41) is 14.3. The SMILES string of the molecule is Cc1csc(CCCCNC(=O)c2nnn(-c3cccc(Br)c3)c2C)n1. The number of nitrogens with zero attached hydrogens (tertiary/aromatic N) is 4. The first kappa shape index (κ1) is 18.7. The second kappa shape index (κ2) is 8.55. The first-order chi connectivity index (χ1) is 12.5. The van der Waals surface area contributed by atoms with Gasteiger partial charge in [0.05, 0.1) is 16.4 Å². The molecule has 1 amide bonds. The van der Waals surface area contributed by atoms with E-state index in [0.29, 0.717) is 12.2 Å². The highest BCUT2D eigenvalue weighted by Crippen LogP contribution is 2.17. The normalized spacial score (nSPS) is 10.9. The van der Waals surface area contributed by atoms with Gasteiger partial charge < -0.3 is 5.32 Å². The van der Waals surface area contributed by atoms with Crippen molar-refractivity contribution < 1.29 is 4.79 Å². The van der Waals surface area contributed by atoms with Gasteiger partial charge in [0.25, 0.3) is 5.91 Å². The number of benzene rings is 1. The molecule has 0 radical (unpaired) electrons. The molecule has 136 valence electrons. The van der Waals surface area contributed by atoms with Gasteiger partial charge in [-0.25, -0.2) is 9.67 Å². The third-order valence-corrected chi connectivity index (χ3v) is 5.45. The van der Waals surface area contributed by atoms with E-state index >= 15 is 0 Å². The molecular weight excluding hydrogens is 414 g/mol. The van der Waals surface area contributed by atoms with Crippen LogP contribution in [0.1, 0.15) is 39.7 Å². The van der Waals surface area contributed by atoms with Gasteiger partial charge in [0, 0.05) is 22.1 Å². The monoisotopic (exact) mass is 433 g/mol. The van der Waals surface area contributed by atoms with Crippen LogP contribution in [0.4, 0.5) is 0 Å². The van der Waals surface area contributed by atoms with Gasteiger partial charge >= 0.3 is 0 Å². The van der Waals surface area contributed by atoms with E-state index in [1.165, 1.54) is 0 Å².